The van der Waals surface area contributed by atoms with Gasteiger partial charge in [0.2, 0.25) is 0 Å². The van der Waals surface area contributed by atoms with Crippen LogP contribution in [0.2, 0.25) is 0 Å². The van der Waals surface area contributed by atoms with Gasteiger partial charge in [0.25, 0.3) is 0 Å². The lowest BCUT2D eigenvalue weighted by molar-refractivity contribution is 0.495. The highest BCUT2D eigenvalue weighted by Crippen LogP contribution is 2.21. The molecule has 1 heterocycles. The van der Waals surface area contributed by atoms with Crippen molar-refractivity contribution in [2.45, 2.75) is 25.9 Å². The minimum atomic E-state index is -0.166. The molecule has 0 aliphatic carbocycles. The summed E-state index contributed by atoms with van der Waals surface area (Å²) in [5.74, 6) is 0. The van der Waals surface area contributed by atoms with Gasteiger partial charge in [0, 0.05) is 12.1 Å². The van der Waals surface area contributed by atoms with E-state index in [2.05, 4.69) is 53.4 Å². The fourth-order valence-electron chi connectivity index (χ4n) is 2.63. The Labute approximate surface area is 123 Å². The number of aromatic amines is 2. The maximum Gasteiger partial charge on any atom is 0.323 e. The molecule has 4 nitrogen and oxygen atoms in total. The monoisotopic (exact) mass is 281 g/mol. The van der Waals surface area contributed by atoms with Crippen LogP contribution in [0.15, 0.2) is 53.3 Å². The first-order valence-corrected chi connectivity index (χ1v) is 7.16. The molecule has 0 saturated carbocycles. The molecule has 3 N–H and O–H groups in total. The van der Waals surface area contributed by atoms with E-state index in [1.807, 2.05) is 24.3 Å². The van der Waals surface area contributed by atoms with Crippen molar-refractivity contribution in [3.05, 3.63) is 70.1 Å². The third-order valence-corrected chi connectivity index (χ3v) is 3.84. The molecule has 108 valence electrons. The molecule has 2 aromatic carbocycles. The third kappa shape index (κ3) is 2.90. The Morgan fingerprint density at radius 1 is 0.857 bits per heavy atom. The predicted molar refractivity (Wildman–Crippen MR) is 85.3 cm³/mol. The molecule has 0 aliphatic heterocycles. The van der Waals surface area contributed by atoms with Crippen molar-refractivity contribution in [3.8, 4) is 0 Å². The number of aromatic nitrogens is 2. The number of hydrogen-bond donors (Lipinski definition) is 3. The second kappa shape index (κ2) is 5.58. The number of H-pyrrole nitrogens is 2. The lowest BCUT2D eigenvalue weighted by Crippen LogP contribution is -2.22. The second-order valence-corrected chi connectivity index (χ2v) is 5.40. The minimum absolute atomic E-state index is 0.166. The molecule has 0 saturated heterocycles. The average Bonchev–Trinajstić information content (AvgIpc) is 2.87. The first-order chi connectivity index (χ1) is 10.1. The van der Waals surface area contributed by atoms with E-state index < -0.39 is 0 Å². The topological polar surface area (TPSA) is 60.7 Å². The van der Waals surface area contributed by atoms with Crippen molar-refractivity contribution in [2.24, 2.45) is 0 Å². The molecule has 21 heavy (non-hydrogen) atoms. The van der Waals surface area contributed by atoms with Crippen LogP contribution in [0, 0.1) is 0 Å². The van der Waals surface area contributed by atoms with E-state index in [1.165, 1.54) is 5.56 Å². The van der Waals surface area contributed by atoms with Gasteiger partial charge in [-0.3, -0.25) is 0 Å². The Morgan fingerprint density at radius 2 is 1.52 bits per heavy atom. The van der Waals surface area contributed by atoms with Crippen LogP contribution in [0.4, 0.5) is 0 Å². The number of fused-ring (bicyclic) bond motifs is 1. The van der Waals surface area contributed by atoms with Crippen LogP contribution >= 0.6 is 0 Å². The zero-order chi connectivity index (χ0) is 14.8. The molecule has 0 spiro atoms. The van der Waals surface area contributed by atoms with Crippen LogP contribution in [-0.4, -0.2) is 9.97 Å². The normalized spacial score (nSPS) is 14.2. The molecule has 0 aliphatic rings. The summed E-state index contributed by atoms with van der Waals surface area (Å²) in [6, 6.07) is 16.8. The number of benzene rings is 2. The van der Waals surface area contributed by atoms with Crippen LogP contribution in [-0.2, 0) is 0 Å². The molecule has 1 aromatic heterocycles. The van der Waals surface area contributed by atoms with Gasteiger partial charge in [0.15, 0.2) is 0 Å². The van der Waals surface area contributed by atoms with Crippen molar-refractivity contribution in [1.82, 2.24) is 15.3 Å². The van der Waals surface area contributed by atoms with Gasteiger partial charge in [-0.15, -0.1) is 0 Å². The Hall–Kier alpha value is -2.33. The SMILES string of the molecule is CC(NC(C)c1ccc2[nH]c(=O)[nH]c2c1)c1ccccc1. The minimum Gasteiger partial charge on any atom is -0.306 e. The first kappa shape index (κ1) is 13.6. The lowest BCUT2D eigenvalue weighted by Gasteiger charge is -2.20. The van der Waals surface area contributed by atoms with Gasteiger partial charge in [-0.05, 0) is 37.1 Å². The van der Waals surface area contributed by atoms with Gasteiger partial charge < -0.3 is 15.3 Å². The summed E-state index contributed by atoms with van der Waals surface area (Å²) in [6.45, 7) is 4.29. The predicted octanol–water partition coefficient (Wildman–Crippen LogP) is 3.27. The van der Waals surface area contributed by atoms with Crippen molar-refractivity contribution < 1.29 is 0 Å². The molecule has 2 unspecified atom stereocenters. The van der Waals surface area contributed by atoms with Crippen LogP contribution in [0.5, 0.6) is 0 Å². The molecule has 0 radical (unpaired) electrons. The smallest absolute Gasteiger partial charge is 0.306 e. The van der Waals surface area contributed by atoms with Gasteiger partial charge in [-0.1, -0.05) is 36.4 Å². The van der Waals surface area contributed by atoms with Gasteiger partial charge >= 0.3 is 5.69 Å². The standard InChI is InChI=1S/C17H19N3O/c1-11(13-6-4-3-5-7-13)18-12(2)14-8-9-15-16(10-14)20-17(21)19-15/h3-12,18H,1-2H3,(H2,19,20,21). The van der Waals surface area contributed by atoms with Gasteiger partial charge in [0.1, 0.15) is 0 Å². The molecular formula is C17H19N3O. The maximum atomic E-state index is 11.3. The zero-order valence-corrected chi connectivity index (χ0v) is 12.2. The number of rotatable bonds is 4. The van der Waals surface area contributed by atoms with E-state index in [1.54, 1.807) is 0 Å². The fourth-order valence-corrected chi connectivity index (χ4v) is 2.63. The van der Waals surface area contributed by atoms with Crippen LogP contribution in [0.1, 0.15) is 37.1 Å². The molecular weight excluding hydrogens is 262 g/mol. The highest BCUT2D eigenvalue weighted by atomic mass is 16.1. The molecule has 0 bridgehead atoms. The van der Waals surface area contributed by atoms with E-state index in [9.17, 15) is 4.79 Å². The summed E-state index contributed by atoms with van der Waals surface area (Å²) in [5.41, 5.74) is 3.94. The molecule has 3 rings (SSSR count). The highest BCUT2D eigenvalue weighted by molar-refractivity contribution is 5.75. The summed E-state index contributed by atoms with van der Waals surface area (Å²) in [4.78, 5) is 16.9. The summed E-state index contributed by atoms with van der Waals surface area (Å²) in [5, 5.41) is 3.58. The van der Waals surface area contributed by atoms with Gasteiger partial charge in [-0.2, -0.15) is 0 Å². The lowest BCUT2D eigenvalue weighted by atomic mass is 10.0. The Morgan fingerprint density at radius 3 is 2.29 bits per heavy atom. The van der Waals surface area contributed by atoms with Crippen LogP contribution in [0.25, 0.3) is 11.0 Å². The van der Waals surface area contributed by atoms with Crippen LogP contribution in [0.3, 0.4) is 0 Å². The maximum absolute atomic E-state index is 11.3. The van der Waals surface area contributed by atoms with Crippen LogP contribution < -0.4 is 11.0 Å². The van der Waals surface area contributed by atoms with E-state index in [-0.39, 0.29) is 17.8 Å². The number of nitrogens with one attached hydrogen (secondary N) is 3. The summed E-state index contributed by atoms with van der Waals surface area (Å²) in [6.07, 6.45) is 0. The van der Waals surface area contributed by atoms with Crippen molar-refractivity contribution in [2.75, 3.05) is 0 Å². The average molecular weight is 281 g/mol. The molecule has 0 fully saturated rings. The zero-order valence-electron chi connectivity index (χ0n) is 12.2. The number of hydrogen-bond acceptors (Lipinski definition) is 2. The van der Waals surface area contributed by atoms with Gasteiger partial charge in [0.05, 0.1) is 11.0 Å². The molecule has 4 heteroatoms. The second-order valence-electron chi connectivity index (χ2n) is 5.40. The van der Waals surface area contributed by atoms with E-state index in [0.717, 1.165) is 16.6 Å². The van der Waals surface area contributed by atoms with Crippen molar-refractivity contribution in [3.63, 3.8) is 0 Å². The Bertz CT molecular complexity index is 788. The molecule has 0 amide bonds. The highest BCUT2D eigenvalue weighted by Gasteiger charge is 2.11. The molecule has 3 aromatic rings. The van der Waals surface area contributed by atoms with E-state index in [4.69, 9.17) is 0 Å². The number of imidazole rings is 1. The fraction of sp³-hybridized carbons (Fsp3) is 0.235. The van der Waals surface area contributed by atoms with Crippen molar-refractivity contribution in [1.29, 1.82) is 0 Å². The van der Waals surface area contributed by atoms with Gasteiger partial charge in [-0.25, -0.2) is 4.79 Å². The van der Waals surface area contributed by atoms with Crippen molar-refractivity contribution >= 4 is 11.0 Å². The largest absolute Gasteiger partial charge is 0.323 e. The first-order valence-electron chi connectivity index (χ1n) is 7.16. The third-order valence-electron chi connectivity index (χ3n) is 3.84. The van der Waals surface area contributed by atoms with E-state index >= 15 is 0 Å². The molecule has 2 atom stereocenters. The Balaban J connectivity index is 1.80. The quantitative estimate of drug-likeness (QED) is 0.687. The summed E-state index contributed by atoms with van der Waals surface area (Å²) < 4.78 is 0. The summed E-state index contributed by atoms with van der Waals surface area (Å²) >= 11 is 0. The van der Waals surface area contributed by atoms with E-state index in [0.29, 0.717) is 0 Å². The summed E-state index contributed by atoms with van der Waals surface area (Å²) in [7, 11) is 0. The Kier molecular flexibility index (Phi) is 3.62.